The summed E-state index contributed by atoms with van der Waals surface area (Å²) in [5, 5.41) is 14.3. The van der Waals surface area contributed by atoms with Gasteiger partial charge in [0.05, 0.1) is 0 Å². The molecule has 0 spiro atoms. The number of amides is 2. The fraction of sp³-hybridized carbons (Fsp3) is 0.346. The zero-order chi connectivity index (χ0) is 23.2. The molecular weight excluding hydrogens is 420 g/mol. The number of ether oxygens (including phenoxy) is 1. The number of rotatable bonds is 7. The molecule has 0 radical (unpaired) electrons. The first-order chi connectivity index (χ1) is 16.0. The van der Waals surface area contributed by atoms with Gasteiger partial charge in [0.15, 0.2) is 0 Å². The number of hydrogen-bond donors (Lipinski definition) is 3. The summed E-state index contributed by atoms with van der Waals surface area (Å²) >= 11 is 0. The standard InChI is InChI=1S/C26H28N2O5/c29-24(30)13-6-14-27-25(31)17-7-5-8-18(15-17)28-26(32)33-16-23-21-11-3-1-9-19(21)20-10-2-4-12-22(20)23/h1-4,6,9-13,17-18,23H,5,7-8,14-16H2,(H,27,31)(H,28,32)(H,29,30)/b13-6+/t17-,18+/m0/s1. The lowest BCUT2D eigenvalue weighted by Gasteiger charge is -2.28. The van der Waals surface area contributed by atoms with Gasteiger partial charge in [0.25, 0.3) is 0 Å². The van der Waals surface area contributed by atoms with E-state index in [-0.39, 0.29) is 36.9 Å². The van der Waals surface area contributed by atoms with Crippen LogP contribution >= 0.6 is 0 Å². The predicted molar refractivity (Wildman–Crippen MR) is 124 cm³/mol. The number of carbonyl (C=O) groups is 3. The lowest BCUT2D eigenvalue weighted by Crippen LogP contribution is -2.42. The molecule has 0 heterocycles. The van der Waals surface area contributed by atoms with E-state index in [2.05, 4.69) is 34.9 Å². The Morgan fingerprint density at radius 1 is 1.00 bits per heavy atom. The monoisotopic (exact) mass is 448 g/mol. The normalized spacial score (nSPS) is 19.5. The second-order valence-electron chi connectivity index (χ2n) is 8.52. The van der Waals surface area contributed by atoms with E-state index in [1.54, 1.807) is 0 Å². The highest BCUT2D eigenvalue weighted by molar-refractivity contribution is 5.81. The van der Waals surface area contributed by atoms with Crippen molar-refractivity contribution in [2.24, 2.45) is 5.92 Å². The highest BCUT2D eigenvalue weighted by atomic mass is 16.5. The van der Waals surface area contributed by atoms with E-state index in [1.807, 2.05) is 24.3 Å². The number of alkyl carbamates (subject to hydrolysis) is 1. The van der Waals surface area contributed by atoms with E-state index in [1.165, 1.54) is 17.2 Å². The van der Waals surface area contributed by atoms with Crippen LogP contribution in [0.3, 0.4) is 0 Å². The molecular formula is C26H28N2O5. The Kier molecular flexibility index (Phi) is 7.07. The molecule has 0 unspecified atom stereocenters. The Morgan fingerprint density at radius 3 is 2.33 bits per heavy atom. The summed E-state index contributed by atoms with van der Waals surface area (Å²) < 4.78 is 5.62. The number of nitrogens with one attached hydrogen (secondary N) is 2. The summed E-state index contributed by atoms with van der Waals surface area (Å²) in [6.07, 6.45) is 4.85. The molecule has 2 aromatic carbocycles. The van der Waals surface area contributed by atoms with Crippen molar-refractivity contribution < 1.29 is 24.2 Å². The van der Waals surface area contributed by atoms with Gasteiger partial charge < -0.3 is 20.5 Å². The van der Waals surface area contributed by atoms with Gasteiger partial charge >= 0.3 is 12.1 Å². The molecule has 4 rings (SSSR count). The largest absolute Gasteiger partial charge is 0.478 e. The van der Waals surface area contributed by atoms with Crippen LogP contribution in [0.4, 0.5) is 4.79 Å². The molecule has 0 aromatic heterocycles. The summed E-state index contributed by atoms with van der Waals surface area (Å²) in [5.41, 5.74) is 4.69. The highest BCUT2D eigenvalue weighted by Gasteiger charge is 2.31. The lowest BCUT2D eigenvalue weighted by molar-refractivity contribution is -0.131. The van der Waals surface area contributed by atoms with Gasteiger partial charge in [-0.25, -0.2) is 9.59 Å². The van der Waals surface area contributed by atoms with Crippen molar-refractivity contribution in [2.45, 2.75) is 37.6 Å². The summed E-state index contributed by atoms with van der Waals surface area (Å²) in [5.74, 6) is -1.37. The van der Waals surface area contributed by atoms with Crippen LogP contribution in [0.25, 0.3) is 11.1 Å². The zero-order valence-electron chi connectivity index (χ0n) is 18.3. The molecule has 0 saturated heterocycles. The third-order valence-electron chi connectivity index (χ3n) is 6.37. The average Bonchev–Trinajstić information content (AvgIpc) is 3.14. The van der Waals surface area contributed by atoms with Crippen LogP contribution in [0.5, 0.6) is 0 Å². The van der Waals surface area contributed by atoms with E-state index < -0.39 is 12.1 Å². The van der Waals surface area contributed by atoms with Gasteiger partial charge in [0.1, 0.15) is 6.61 Å². The van der Waals surface area contributed by atoms with Gasteiger partial charge in [-0.3, -0.25) is 4.79 Å². The molecule has 172 valence electrons. The zero-order valence-corrected chi connectivity index (χ0v) is 18.3. The summed E-state index contributed by atoms with van der Waals surface area (Å²) in [4.78, 5) is 35.4. The van der Waals surface area contributed by atoms with Crippen LogP contribution in [0.1, 0.15) is 42.7 Å². The SMILES string of the molecule is O=C(O)/C=C/CNC(=O)[C@H]1CCC[C@@H](NC(=O)OCC2c3ccccc3-c3ccccc32)C1. The Hall–Kier alpha value is -3.61. The first-order valence-corrected chi connectivity index (χ1v) is 11.3. The molecule has 0 aliphatic heterocycles. The number of hydrogen-bond acceptors (Lipinski definition) is 4. The maximum Gasteiger partial charge on any atom is 0.407 e. The fourth-order valence-corrected chi connectivity index (χ4v) is 4.83. The van der Waals surface area contributed by atoms with E-state index in [0.717, 1.165) is 36.5 Å². The Morgan fingerprint density at radius 2 is 1.67 bits per heavy atom. The lowest BCUT2D eigenvalue weighted by atomic mass is 9.85. The number of carboxylic acid groups (broad SMARTS) is 1. The fourth-order valence-electron chi connectivity index (χ4n) is 4.83. The van der Waals surface area contributed by atoms with Gasteiger partial charge in [0.2, 0.25) is 5.91 Å². The Balaban J connectivity index is 1.29. The molecule has 2 aromatic rings. The minimum atomic E-state index is -1.05. The molecule has 33 heavy (non-hydrogen) atoms. The average molecular weight is 449 g/mol. The van der Waals surface area contributed by atoms with Gasteiger partial charge in [0, 0.05) is 30.5 Å². The van der Waals surface area contributed by atoms with Crippen LogP contribution < -0.4 is 10.6 Å². The van der Waals surface area contributed by atoms with E-state index >= 15 is 0 Å². The van der Waals surface area contributed by atoms with Crippen molar-refractivity contribution in [1.82, 2.24) is 10.6 Å². The minimum absolute atomic E-state index is 0.00638. The van der Waals surface area contributed by atoms with Crippen molar-refractivity contribution >= 4 is 18.0 Å². The quantitative estimate of drug-likeness (QED) is 0.558. The third kappa shape index (κ3) is 5.42. The Bertz CT molecular complexity index is 1020. The molecule has 2 amide bonds. The third-order valence-corrected chi connectivity index (χ3v) is 6.37. The first-order valence-electron chi connectivity index (χ1n) is 11.3. The van der Waals surface area contributed by atoms with E-state index in [9.17, 15) is 14.4 Å². The summed E-state index contributed by atoms with van der Waals surface area (Å²) in [6.45, 7) is 0.429. The predicted octanol–water partition coefficient (Wildman–Crippen LogP) is 3.84. The molecule has 2 aliphatic carbocycles. The van der Waals surface area contributed by atoms with Crippen LogP contribution in [0.2, 0.25) is 0 Å². The van der Waals surface area contributed by atoms with Crippen LogP contribution in [-0.2, 0) is 14.3 Å². The molecule has 2 aliphatic rings. The van der Waals surface area contributed by atoms with E-state index in [0.29, 0.717) is 6.42 Å². The van der Waals surface area contributed by atoms with E-state index in [4.69, 9.17) is 9.84 Å². The van der Waals surface area contributed by atoms with Crippen molar-refractivity contribution in [3.8, 4) is 11.1 Å². The maximum absolute atomic E-state index is 12.5. The maximum atomic E-state index is 12.5. The van der Waals surface area contributed by atoms with Gasteiger partial charge in [-0.1, -0.05) is 61.0 Å². The minimum Gasteiger partial charge on any atom is -0.478 e. The van der Waals surface area contributed by atoms with Crippen molar-refractivity contribution in [3.05, 3.63) is 71.8 Å². The molecule has 3 N–H and O–H groups in total. The second kappa shape index (κ2) is 10.3. The molecule has 1 fully saturated rings. The van der Waals surface area contributed by atoms with Crippen molar-refractivity contribution in [3.63, 3.8) is 0 Å². The number of benzene rings is 2. The molecule has 2 atom stereocenters. The summed E-state index contributed by atoms with van der Waals surface area (Å²) in [7, 11) is 0. The molecule has 7 nitrogen and oxygen atoms in total. The smallest absolute Gasteiger partial charge is 0.407 e. The number of carbonyl (C=O) groups excluding carboxylic acids is 2. The van der Waals surface area contributed by atoms with Crippen LogP contribution in [0.15, 0.2) is 60.7 Å². The molecule has 0 bridgehead atoms. The van der Waals surface area contributed by atoms with Gasteiger partial charge in [-0.2, -0.15) is 0 Å². The van der Waals surface area contributed by atoms with Crippen molar-refractivity contribution in [1.29, 1.82) is 0 Å². The van der Waals surface area contributed by atoms with Crippen LogP contribution in [0, 0.1) is 5.92 Å². The molecule has 1 saturated carbocycles. The highest BCUT2D eigenvalue weighted by Crippen LogP contribution is 2.44. The van der Waals surface area contributed by atoms with Gasteiger partial charge in [-0.05, 0) is 41.5 Å². The van der Waals surface area contributed by atoms with Gasteiger partial charge in [-0.15, -0.1) is 0 Å². The van der Waals surface area contributed by atoms with Crippen molar-refractivity contribution in [2.75, 3.05) is 13.2 Å². The molecule has 7 heteroatoms. The second-order valence-corrected chi connectivity index (χ2v) is 8.52. The first kappa shape index (κ1) is 22.6. The summed E-state index contributed by atoms with van der Waals surface area (Å²) in [6, 6.07) is 16.3. The number of fused-ring (bicyclic) bond motifs is 3. The topological polar surface area (TPSA) is 105 Å². The Labute approximate surface area is 192 Å². The number of aliphatic carboxylic acids is 1. The number of carboxylic acids is 1. The van der Waals surface area contributed by atoms with Crippen LogP contribution in [-0.4, -0.2) is 42.3 Å².